The van der Waals surface area contributed by atoms with Gasteiger partial charge in [0.15, 0.2) is 0 Å². The fraction of sp³-hybridized carbons (Fsp3) is 0.333. The molecule has 1 saturated carbocycles. The topological polar surface area (TPSA) is 61.7 Å². The predicted molar refractivity (Wildman–Crippen MR) is 72.7 cm³/mol. The van der Waals surface area contributed by atoms with E-state index in [9.17, 15) is 9.90 Å². The number of hydrogen-bond acceptors (Lipinski definition) is 3. The van der Waals surface area contributed by atoms with E-state index in [1.165, 1.54) is 6.21 Å². The van der Waals surface area contributed by atoms with Crippen molar-refractivity contribution in [2.45, 2.75) is 12.8 Å². The molecular formula is C15H16N2O2. The number of nitrogens with zero attached hydrogens (tertiary/aromatic N) is 1. The van der Waals surface area contributed by atoms with Crippen LogP contribution >= 0.6 is 0 Å². The lowest BCUT2D eigenvalue weighted by molar-refractivity contribution is -0.125. The molecule has 19 heavy (non-hydrogen) atoms. The van der Waals surface area contributed by atoms with Crippen LogP contribution in [0.4, 0.5) is 0 Å². The molecule has 1 aromatic rings. The van der Waals surface area contributed by atoms with Gasteiger partial charge in [-0.05, 0) is 36.8 Å². The Hall–Kier alpha value is -2.10. The lowest BCUT2D eigenvalue weighted by atomic mass is 9.93. The Morgan fingerprint density at radius 3 is 2.84 bits per heavy atom. The van der Waals surface area contributed by atoms with E-state index in [1.807, 2.05) is 6.07 Å². The highest BCUT2D eigenvalue weighted by Crippen LogP contribution is 2.43. The average Bonchev–Trinajstić information content (AvgIpc) is 3.03. The maximum absolute atomic E-state index is 12.0. The van der Waals surface area contributed by atoms with Gasteiger partial charge in [0, 0.05) is 11.5 Å². The monoisotopic (exact) mass is 256 g/mol. The van der Waals surface area contributed by atoms with Crippen LogP contribution in [0.15, 0.2) is 41.5 Å². The molecule has 2 N–H and O–H groups in total. The largest absolute Gasteiger partial charge is 0.507 e. The number of benzene rings is 1. The summed E-state index contributed by atoms with van der Waals surface area (Å²) >= 11 is 0. The number of fused-ring (bicyclic) bond motifs is 2. The summed E-state index contributed by atoms with van der Waals surface area (Å²) in [6, 6.07) is 6.88. The molecule has 3 atom stereocenters. The lowest BCUT2D eigenvalue weighted by Crippen LogP contribution is -2.29. The van der Waals surface area contributed by atoms with Crippen LogP contribution in [0.2, 0.25) is 0 Å². The number of phenols is 1. The number of aromatic hydroxyl groups is 1. The second-order valence-corrected chi connectivity index (χ2v) is 5.18. The Bertz CT molecular complexity index is 551. The first-order valence-corrected chi connectivity index (χ1v) is 6.53. The van der Waals surface area contributed by atoms with Crippen LogP contribution in [0.1, 0.15) is 18.4 Å². The highest BCUT2D eigenvalue weighted by molar-refractivity contribution is 5.85. The summed E-state index contributed by atoms with van der Waals surface area (Å²) in [6.07, 6.45) is 7.85. The Labute approximate surface area is 111 Å². The normalized spacial score (nSPS) is 28.1. The minimum atomic E-state index is -0.0245. The van der Waals surface area contributed by atoms with Gasteiger partial charge < -0.3 is 5.11 Å². The fourth-order valence-corrected chi connectivity index (χ4v) is 2.93. The van der Waals surface area contributed by atoms with Crippen LogP contribution in [0.5, 0.6) is 5.75 Å². The van der Waals surface area contributed by atoms with E-state index in [0.717, 1.165) is 12.8 Å². The first-order chi connectivity index (χ1) is 9.24. The van der Waals surface area contributed by atoms with E-state index >= 15 is 0 Å². The van der Waals surface area contributed by atoms with Gasteiger partial charge in [-0.2, -0.15) is 5.10 Å². The van der Waals surface area contributed by atoms with Crippen LogP contribution in [0.25, 0.3) is 0 Å². The second-order valence-electron chi connectivity index (χ2n) is 5.18. The minimum Gasteiger partial charge on any atom is -0.507 e. The van der Waals surface area contributed by atoms with Crippen molar-refractivity contribution in [1.29, 1.82) is 0 Å². The van der Waals surface area contributed by atoms with Crippen LogP contribution in [0, 0.1) is 17.8 Å². The third kappa shape index (κ3) is 2.38. The van der Waals surface area contributed by atoms with Crippen molar-refractivity contribution in [2.24, 2.45) is 22.9 Å². The number of allylic oxidation sites excluding steroid dienone is 2. The SMILES string of the molecule is O=C(NN=Cc1ccccc1O)C1CC2C=CC1C2. The highest BCUT2D eigenvalue weighted by Gasteiger charge is 2.39. The van der Waals surface area contributed by atoms with Crippen LogP contribution in [-0.4, -0.2) is 17.2 Å². The summed E-state index contributed by atoms with van der Waals surface area (Å²) in [5.74, 6) is 1.14. The van der Waals surface area contributed by atoms with Crippen LogP contribution < -0.4 is 5.43 Å². The van der Waals surface area contributed by atoms with Gasteiger partial charge in [-0.3, -0.25) is 4.79 Å². The van der Waals surface area contributed by atoms with Crippen molar-refractivity contribution in [3.63, 3.8) is 0 Å². The van der Waals surface area contributed by atoms with Gasteiger partial charge in [-0.25, -0.2) is 5.43 Å². The maximum atomic E-state index is 12.0. The summed E-state index contributed by atoms with van der Waals surface area (Å²) in [4.78, 5) is 12.0. The highest BCUT2D eigenvalue weighted by atomic mass is 16.3. The van der Waals surface area contributed by atoms with Crippen molar-refractivity contribution in [3.05, 3.63) is 42.0 Å². The molecular weight excluding hydrogens is 240 g/mol. The lowest BCUT2D eigenvalue weighted by Gasteiger charge is -2.15. The summed E-state index contributed by atoms with van der Waals surface area (Å²) in [5.41, 5.74) is 3.16. The van der Waals surface area contributed by atoms with E-state index in [1.54, 1.807) is 18.2 Å². The van der Waals surface area contributed by atoms with Crippen molar-refractivity contribution in [2.75, 3.05) is 0 Å². The third-order valence-electron chi connectivity index (χ3n) is 3.93. The Morgan fingerprint density at radius 1 is 1.32 bits per heavy atom. The third-order valence-corrected chi connectivity index (χ3v) is 3.93. The van der Waals surface area contributed by atoms with Gasteiger partial charge in [0.1, 0.15) is 5.75 Å². The van der Waals surface area contributed by atoms with Crippen molar-refractivity contribution in [1.82, 2.24) is 5.43 Å². The van der Waals surface area contributed by atoms with Gasteiger partial charge in [0.05, 0.1) is 6.21 Å². The molecule has 1 aromatic carbocycles. The zero-order valence-corrected chi connectivity index (χ0v) is 10.5. The van der Waals surface area contributed by atoms with E-state index in [0.29, 0.717) is 17.4 Å². The number of carbonyl (C=O) groups excluding carboxylic acids is 1. The molecule has 2 bridgehead atoms. The molecule has 3 rings (SSSR count). The van der Waals surface area contributed by atoms with Gasteiger partial charge >= 0.3 is 0 Å². The molecule has 4 nitrogen and oxygen atoms in total. The smallest absolute Gasteiger partial charge is 0.243 e. The molecule has 2 aliphatic rings. The summed E-state index contributed by atoms with van der Waals surface area (Å²) in [7, 11) is 0. The number of phenolic OH excluding ortho intramolecular Hbond substituents is 1. The summed E-state index contributed by atoms with van der Waals surface area (Å²) < 4.78 is 0. The van der Waals surface area contributed by atoms with E-state index in [2.05, 4.69) is 22.7 Å². The standard InChI is InChI=1S/C15H16N2O2/c18-14-4-2-1-3-12(14)9-16-17-15(19)13-8-10-5-6-11(13)7-10/h1-6,9-11,13,18H,7-8H2,(H,17,19). The molecule has 0 aliphatic heterocycles. The van der Waals surface area contributed by atoms with Gasteiger partial charge in [-0.15, -0.1) is 0 Å². The van der Waals surface area contributed by atoms with Gasteiger partial charge in [0.2, 0.25) is 5.91 Å². The minimum absolute atomic E-state index is 0.0245. The molecule has 98 valence electrons. The average molecular weight is 256 g/mol. The van der Waals surface area contributed by atoms with Crippen molar-refractivity contribution >= 4 is 12.1 Å². The number of rotatable bonds is 3. The van der Waals surface area contributed by atoms with Gasteiger partial charge in [-0.1, -0.05) is 24.3 Å². The second kappa shape index (κ2) is 4.88. The molecule has 4 heteroatoms. The summed E-state index contributed by atoms with van der Waals surface area (Å²) in [5, 5.41) is 13.5. The number of hydrogen-bond donors (Lipinski definition) is 2. The van der Waals surface area contributed by atoms with Crippen LogP contribution in [-0.2, 0) is 4.79 Å². The molecule has 0 heterocycles. The number of para-hydroxylation sites is 1. The maximum Gasteiger partial charge on any atom is 0.243 e. The first-order valence-electron chi connectivity index (χ1n) is 6.53. The van der Waals surface area contributed by atoms with Crippen molar-refractivity contribution < 1.29 is 9.90 Å². The fourth-order valence-electron chi connectivity index (χ4n) is 2.93. The zero-order valence-electron chi connectivity index (χ0n) is 10.5. The molecule has 1 fully saturated rings. The number of carbonyl (C=O) groups is 1. The number of hydrazone groups is 1. The molecule has 2 aliphatic carbocycles. The molecule has 0 aromatic heterocycles. The molecule has 1 amide bonds. The number of nitrogens with one attached hydrogen (secondary N) is 1. The Morgan fingerprint density at radius 2 is 2.16 bits per heavy atom. The van der Waals surface area contributed by atoms with Crippen LogP contribution in [0.3, 0.4) is 0 Å². The first kappa shape index (κ1) is 12.0. The Balaban J connectivity index is 1.59. The van der Waals surface area contributed by atoms with Gasteiger partial charge in [0.25, 0.3) is 0 Å². The Kier molecular flexibility index (Phi) is 3.07. The van der Waals surface area contributed by atoms with E-state index < -0.39 is 0 Å². The summed E-state index contributed by atoms with van der Waals surface area (Å²) in [6.45, 7) is 0. The zero-order chi connectivity index (χ0) is 13.2. The quantitative estimate of drug-likeness (QED) is 0.494. The molecule has 0 saturated heterocycles. The van der Waals surface area contributed by atoms with E-state index in [4.69, 9.17) is 0 Å². The molecule has 0 radical (unpaired) electrons. The van der Waals surface area contributed by atoms with E-state index in [-0.39, 0.29) is 17.6 Å². The number of amides is 1. The molecule has 0 spiro atoms. The van der Waals surface area contributed by atoms with Crippen molar-refractivity contribution in [3.8, 4) is 5.75 Å². The predicted octanol–water partition coefficient (Wildman–Crippen LogP) is 2.05. The molecule has 3 unspecified atom stereocenters.